The van der Waals surface area contributed by atoms with Gasteiger partial charge in [-0.2, -0.15) is 0 Å². The average molecular weight is 426 g/mol. The second-order valence-electron chi connectivity index (χ2n) is 6.39. The van der Waals surface area contributed by atoms with Gasteiger partial charge in [0.25, 0.3) is 0 Å². The van der Waals surface area contributed by atoms with Gasteiger partial charge in [-0.25, -0.2) is 9.78 Å². The molecule has 2 amide bonds. The third kappa shape index (κ3) is 9.01. The van der Waals surface area contributed by atoms with Crippen molar-refractivity contribution in [2.45, 2.75) is 43.8 Å². The summed E-state index contributed by atoms with van der Waals surface area (Å²) in [6.07, 6.45) is 2.43. The number of aromatic amines is 1. The molecule has 11 N–H and O–H groups in total. The molecule has 0 bridgehead atoms. The van der Waals surface area contributed by atoms with Crippen LogP contribution in [0.5, 0.6) is 0 Å². The Morgan fingerprint density at radius 3 is 2.33 bits per heavy atom. The van der Waals surface area contributed by atoms with Crippen LogP contribution in [0.4, 0.5) is 0 Å². The number of aliphatic carboxylic acids is 2. The van der Waals surface area contributed by atoms with Crippen molar-refractivity contribution in [3.05, 3.63) is 18.2 Å². The van der Waals surface area contributed by atoms with Crippen molar-refractivity contribution in [2.24, 2.45) is 22.2 Å². The summed E-state index contributed by atoms with van der Waals surface area (Å²) >= 11 is 0. The van der Waals surface area contributed by atoms with Crippen LogP contribution in [0.3, 0.4) is 0 Å². The molecule has 3 unspecified atom stereocenters. The zero-order chi connectivity index (χ0) is 22.7. The largest absolute Gasteiger partial charge is 0.481 e. The lowest BCUT2D eigenvalue weighted by molar-refractivity contribution is -0.143. The summed E-state index contributed by atoms with van der Waals surface area (Å²) < 4.78 is 0. The molecule has 0 aliphatic carbocycles. The second kappa shape index (κ2) is 12.0. The Bertz CT molecular complexity index is 762. The molecule has 0 fully saturated rings. The fourth-order valence-electron chi connectivity index (χ4n) is 2.42. The summed E-state index contributed by atoms with van der Waals surface area (Å²) in [6, 6.07) is -3.91. The molecule has 14 heteroatoms. The minimum Gasteiger partial charge on any atom is -0.481 e. The number of nitrogens with two attached hydrogens (primary N) is 3. The van der Waals surface area contributed by atoms with E-state index in [4.69, 9.17) is 22.3 Å². The molecule has 14 nitrogen and oxygen atoms in total. The van der Waals surface area contributed by atoms with Crippen molar-refractivity contribution in [1.82, 2.24) is 20.6 Å². The van der Waals surface area contributed by atoms with E-state index in [1.54, 1.807) is 0 Å². The highest BCUT2D eigenvalue weighted by Gasteiger charge is 2.29. The Morgan fingerprint density at radius 2 is 1.80 bits per heavy atom. The van der Waals surface area contributed by atoms with Gasteiger partial charge in [0.2, 0.25) is 11.8 Å². The van der Waals surface area contributed by atoms with Gasteiger partial charge in [0.15, 0.2) is 5.96 Å². The highest BCUT2D eigenvalue weighted by molar-refractivity contribution is 5.94. The van der Waals surface area contributed by atoms with Gasteiger partial charge in [0, 0.05) is 24.9 Å². The maximum absolute atomic E-state index is 12.4. The van der Waals surface area contributed by atoms with Crippen molar-refractivity contribution < 1.29 is 29.4 Å². The first-order valence-electron chi connectivity index (χ1n) is 8.93. The molecule has 3 atom stereocenters. The first kappa shape index (κ1) is 24.4. The standard InChI is InChI=1S/C16H26N8O6/c17-9(4-8-6-20-7-22-8)13(27)24-11(5-12(25)26)14(28)23-10(15(29)30)2-1-3-21-16(18)19/h6-7,9-11H,1-5,17H2,(H,20,22)(H,23,28)(H,24,27)(H,25,26)(H,29,30)(H4,18,19,21). The number of aromatic nitrogens is 2. The van der Waals surface area contributed by atoms with E-state index in [2.05, 4.69) is 25.6 Å². The summed E-state index contributed by atoms with van der Waals surface area (Å²) in [5.74, 6) is -4.58. The minimum absolute atomic E-state index is 0.00900. The number of aliphatic imine (C=N–C) groups is 1. The number of rotatable bonds is 13. The van der Waals surface area contributed by atoms with Crippen molar-refractivity contribution in [1.29, 1.82) is 0 Å². The molecule has 0 aromatic carbocycles. The lowest BCUT2D eigenvalue weighted by atomic mass is 10.1. The molecular weight excluding hydrogens is 400 g/mol. The molecule has 1 aromatic heterocycles. The van der Waals surface area contributed by atoms with Gasteiger partial charge >= 0.3 is 11.9 Å². The highest BCUT2D eigenvalue weighted by atomic mass is 16.4. The Balaban J connectivity index is 2.73. The number of carboxylic acid groups (broad SMARTS) is 2. The minimum atomic E-state index is -1.51. The Labute approximate surface area is 171 Å². The third-order valence-corrected chi connectivity index (χ3v) is 3.90. The van der Waals surface area contributed by atoms with E-state index in [1.165, 1.54) is 12.5 Å². The van der Waals surface area contributed by atoms with Gasteiger partial charge in [0.1, 0.15) is 12.1 Å². The normalized spacial score (nSPS) is 13.5. The summed E-state index contributed by atoms with van der Waals surface area (Å²) in [6.45, 7) is 0.153. The quantitative estimate of drug-likeness (QED) is 0.0893. The fraction of sp³-hybridized carbons (Fsp3) is 0.500. The van der Waals surface area contributed by atoms with Crippen LogP contribution in [0.1, 0.15) is 25.0 Å². The Morgan fingerprint density at radius 1 is 1.13 bits per heavy atom. The van der Waals surface area contributed by atoms with Gasteiger partial charge in [-0.05, 0) is 12.8 Å². The zero-order valence-corrected chi connectivity index (χ0v) is 16.1. The van der Waals surface area contributed by atoms with E-state index >= 15 is 0 Å². The van der Waals surface area contributed by atoms with Gasteiger partial charge < -0.3 is 43.0 Å². The number of guanidine groups is 1. The van der Waals surface area contributed by atoms with Crippen molar-refractivity contribution in [3.63, 3.8) is 0 Å². The summed E-state index contributed by atoms with van der Waals surface area (Å²) in [7, 11) is 0. The number of hydrogen-bond acceptors (Lipinski definition) is 7. The van der Waals surface area contributed by atoms with E-state index in [9.17, 15) is 24.3 Å². The number of nitrogens with one attached hydrogen (secondary N) is 3. The van der Waals surface area contributed by atoms with E-state index in [0.29, 0.717) is 5.69 Å². The summed E-state index contributed by atoms with van der Waals surface area (Å²) in [4.78, 5) is 57.4. The first-order chi connectivity index (χ1) is 14.1. The molecule has 0 radical (unpaired) electrons. The Hall–Kier alpha value is -3.68. The molecular formula is C16H26N8O6. The van der Waals surface area contributed by atoms with E-state index in [1.807, 2.05) is 0 Å². The number of amides is 2. The fourth-order valence-corrected chi connectivity index (χ4v) is 2.42. The zero-order valence-electron chi connectivity index (χ0n) is 16.1. The van der Waals surface area contributed by atoms with E-state index in [-0.39, 0.29) is 31.8 Å². The average Bonchev–Trinajstić information content (AvgIpc) is 3.15. The number of carboxylic acids is 2. The molecule has 0 saturated carbocycles. The van der Waals surface area contributed by atoms with Crippen LogP contribution in [0.25, 0.3) is 0 Å². The third-order valence-electron chi connectivity index (χ3n) is 3.90. The molecule has 1 heterocycles. The SMILES string of the molecule is NC(N)=NCCCC(NC(=O)C(CC(=O)O)NC(=O)C(N)Cc1cnc[nH]1)C(=O)O. The maximum Gasteiger partial charge on any atom is 0.326 e. The summed E-state index contributed by atoms with van der Waals surface area (Å²) in [5, 5.41) is 22.8. The predicted octanol–water partition coefficient (Wildman–Crippen LogP) is -3.14. The van der Waals surface area contributed by atoms with Crippen molar-refractivity contribution >= 4 is 29.7 Å². The Kier molecular flexibility index (Phi) is 9.75. The lowest BCUT2D eigenvalue weighted by Crippen LogP contribution is -2.55. The van der Waals surface area contributed by atoms with E-state index < -0.39 is 48.3 Å². The van der Waals surface area contributed by atoms with Crippen molar-refractivity contribution in [2.75, 3.05) is 6.54 Å². The molecule has 30 heavy (non-hydrogen) atoms. The van der Waals surface area contributed by atoms with Gasteiger partial charge in [-0.3, -0.25) is 19.4 Å². The highest BCUT2D eigenvalue weighted by Crippen LogP contribution is 2.03. The molecule has 1 aromatic rings. The smallest absolute Gasteiger partial charge is 0.326 e. The number of imidazole rings is 1. The van der Waals surface area contributed by atoms with Crippen LogP contribution >= 0.6 is 0 Å². The van der Waals surface area contributed by atoms with Crippen LogP contribution in [-0.4, -0.2) is 74.6 Å². The molecule has 0 aliphatic heterocycles. The van der Waals surface area contributed by atoms with E-state index in [0.717, 1.165) is 0 Å². The number of carbonyl (C=O) groups is 4. The number of carbonyl (C=O) groups excluding carboxylic acids is 2. The monoisotopic (exact) mass is 426 g/mol. The number of nitrogens with zero attached hydrogens (tertiary/aromatic N) is 2. The summed E-state index contributed by atoms with van der Waals surface area (Å²) in [5.41, 5.74) is 16.7. The van der Waals surface area contributed by atoms with Crippen LogP contribution in [0, 0.1) is 0 Å². The molecule has 166 valence electrons. The van der Waals surface area contributed by atoms with Crippen LogP contribution in [-0.2, 0) is 25.6 Å². The molecule has 0 aliphatic rings. The van der Waals surface area contributed by atoms with Gasteiger partial charge in [0.05, 0.1) is 18.8 Å². The van der Waals surface area contributed by atoms with Gasteiger partial charge in [-0.1, -0.05) is 0 Å². The first-order valence-corrected chi connectivity index (χ1v) is 8.93. The lowest BCUT2D eigenvalue weighted by Gasteiger charge is -2.21. The van der Waals surface area contributed by atoms with Crippen LogP contribution in [0.15, 0.2) is 17.5 Å². The predicted molar refractivity (Wildman–Crippen MR) is 104 cm³/mol. The topological polar surface area (TPSA) is 252 Å². The number of hydrogen-bond donors (Lipinski definition) is 8. The maximum atomic E-state index is 12.4. The molecule has 1 rings (SSSR count). The van der Waals surface area contributed by atoms with Crippen molar-refractivity contribution in [3.8, 4) is 0 Å². The molecule has 0 spiro atoms. The van der Waals surface area contributed by atoms with Crippen LogP contribution < -0.4 is 27.8 Å². The number of H-pyrrole nitrogens is 1. The van der Waals surface area contributed by atoms with Crippen LogP contribution in [0.2, 0.25) is 0 Å². The van der Waals surface area contributed by atoms with Gasteiger partial charge in [-0.15, -0.1) is 0 Å². The molecule has 0 saturated heterocycles. The second-order valence-corrected chi connectivity index (χ2v) is 6.39.